The van der Waals surface area contributed by atoms with E-state index in [0.717, 1.165) is 63.8 Å². The Hall–Kier alpha value is -0.650. The summed E-state index contributed by atoms with van der Waals surface area (Å²) in [5.41, 5.74) is 0. The number of rotatable bonds is 57. The molecule has 0 atom stereocenters. The Labute approximate surface area is 422 Å². The predicted octanol–water partition coefficient (Wildman–Crippen LogP) is 16.6. The highest BCUT2D eigenvalue weighted by molar-refractivity contribution is 4.82. The summed E-state index contributed by atoms with van der Waals surface area (Å²) in [6.45, 7) is 15.2. The quantitative estimate of drug-likeness (QED) is 0.0345. The van der Waals surface area contributed by atoms with Crippen molar-refractivity contribution in [2.24, 2.45) is 0 Å². The first-order valence-electron chi connectivity index (χ1n) is 29.7. The Bertz CT molecular complexity index is 836. The van der Waals surface area contributed by atoms with E-state index in [1.807, 2.05) is 0 Å². The Balaban J connectivity index is 0. The van der Waals surface area contributed by atoms with Crippen LogP contribution < -0.4 is 12.4 Å². The maximum atomic E-state index is 6.22. The van der Waals surface area contributed by atoms with E-state index >= 15 is 0 Å². The van der Waals surface area contributed by atoms with E-state index in [4.69, 9.17) is 14.2 Å². The van der Waals surface area contributed by atoms with Gasteiger partial charge in [-0.1, -0.05) is 231 Å². The van der Waals surface area contributed by atoms with E-state index in [-0.39, 0.29) is 12.4 Å². The van der Waals surface area contributed by atoms with E-state index in [1.54, 1.807) is 0 Å². The van der Waals surface area contributed by atoms with E-state index in [1.165, 1.54) is 270 Å². The summed E-state index contributed by atoms with van der Waals surface area (Å²) in [7, 11) is 2.40. The average Bonchev–Trinajstić information content (AvgIpc) is 3.31. The van der Waals surface area contributed by atoms with E-state index in [9.17, 15) is 0 Å². The molecule has 0 aromatic carbocycles. The number of ether oxygens (including phenoxy) is 3. The first-order valence-corrected chi connectivity index (χ1v) is 29.7. The van der Waals surface area contributed by atoms with Crippen molar-refractivity contribution in [3.05, 3.63) is 36.5 Å². The minimum Gasteiger partial charge on any atom is -1.00 e. The van der Waals surface area contributed by atoms with Crippen LogP contribution in [-0.2, 0) is 14.2 Å². The highest BCUT2D eigenvalue weighted by Crippen LogP contribution is 2.14. The van der Waals surface area contributed by atoms with Crippen LogP contribution in [0.15, 0.2) is 36.5 Å². The number of quaternary nitrogens is 1. The van der Waals surface area contributed by atoms with E-state index in [2.05, 4.69) is 64.3 Å². The third-order valence-electron chi connectivity index (χ3n) is 13.7. The zero-order valence-electron chi connectivity index (χ0n) is 45.6. The molecule has 0 rings (SSSR count). The Morgan fingerprint density at radius 3 is 0.636 bits per heavy atom. The number of nitrogens with zero attached hydrogens (tertiary/aromatic N) is 1. The van der Waals surface area contributed by atoms with Gasteiger partial charge in [-0.05, 0) is 96.3 Å². The van der Waals surface area contributed by atoms with Crippen molar-refractivity contribution in [3.63, 3.8) is 0 Å². The van der Waals surface area contributed by atoms with Gasteiger partial charge in [0, 0.05) is 19.8 Å². The summed E-state index contributed by atoms with van der Waals surface area (Å²) < 4.78 is 19.6. The van der Waals surface area contributed by atoms with Gasteiger partial charge in [-0.25, -0.2) is 0 Å². The first-order chi connectivity index (χ1) is 32.2. The smallest absolute Gasteiger partial charge is 0.102 e. The standard InChI is InChI=1S/C61H120NO3.ClH/c1-5-8-11-14-17-20-23-26-29-32-35-38-41-44-47-50-56-63-59-53-62(4,54-60-64-57-51-48-45-42-39-36-33-30-27-24-21-18-15-12-9-6-2)55-61-65-58-52-49-46-43-40-37-34-31-28-25-22-19-16-13-10-7-3;/h26-31H,5-25,32-61H2,1-4H3;1H/q+1;/p-1/b29-26-,30-27-,31-28-;. The molecule has 66 heavy (non-hydrogen) atoms. The van der Waals surface area contributed by atoms with Crippen LogP contribution in [0.5, 0.6) is 0 Å². The summed E-state index contributed by atoms with van der Waals surface area (Å²) in [6, 6.07) is 0. The molecule has 0 saturated carbocycles. The third-order valence-corrected chi connectivity index (χ3v) is 13.7. The molecule has 0 amide bonds. The monoisotopic (exact) mass is 950 g/mol. The molecule has 0 aromatic heterocycles. The van der Waals surface area contributed by atoms with Crippen molar-refractivity contribution < 1.29 is 31.1 Å². The van der Waals surface area contributed by atoms with Crippen molar-refractivity contribution in [2.45, 2.75) is 290 Å². The molecule has 0 saturated heterocycles. The molecule has 0 N–H and O–H groups in total. The fraction of sp³-hybridized carbons (Fsp3) is 0.902. The van der Waals surface area contributed by atoms with Crippen molar-refractivity contribution in [2.75, 3.05) is 66.3 Å². The lowest BCUT2D eigenvalue weighted by Gasteiger charge is -2.34. The molecule has 0 spiro atoms. The van der Waals surface area contributed by atoms with E-state index in [0.29, 0.717) is 0 Å². The van der Waals surface area contributed by atoms with Crippen molar-refractivity contribution in [1.29, 1.82) is 0 Å². The molecule has 5 heteroatoms. The number of hydrogen-bond acceptors (Lipinski definition) is 3. The number of hydrogen-bond donors (Lipinski definition) is 0. The molecule has 0 radical (unpaired) electrons. The molecule has 0 heterocycles. The fourth-order valence-electron chi connectivity index (χ4n) is 8.85. The second-order valence-corrected chi connectivity index (χ2v) is 20.4. The van der Waals surface area contributed by atoms with Gasteiger partial charge in [0.05, 0.1) is 26.9 Å². The Kier molecular flexibility index (Phi) is 61.8. The average molecular weight is 951 g/mol. The highest BCUT2D eigenvalue weighted by Gasteiger charge is 2.21. The molecular weight excluding hydrogens is 830 g/mol. The number of likely N-dealkylation sites (N-methyl/N-ethyl adjacent to an activating group) is 1. The maximum Gasteiger partial charge on any atom is 0.102 e. The molecular formula is C61H120ClNO3. The first kappa shape index (κ1) is 67.4. The largest absolute Gasteiger partial charge is 1.00 e. The van der Waals surface area contributed by atoms with Crippen LogP contribution in [0.25, 0.3) is 0 Å². The molecule has 394 valence electrons. The van der Waals surface area contributed by atoms with Gasteiger partial charge in [-0.2, -0.15) is 0 Å². The van der Waals surface area contributed by atoms with Gasteiger partial charge in [0.2, 0.25) is 0 Å². The topological polar surface area (TPSA) is 27.7 Å². The summed E-state index contributed by atoms with van der Waals surface area (Å²) in [5.74, 6) is 0. The number of allylic oxidation sites excluding steroid dienone is 6. The molecule has 0 unspecified atom stereocenters. The van der Waals surface area contributed by atoms with Gasteiger partial charge < -0.3 is 31.1 Å². The second-order valence-electron chi connectivity index (χ2n) is 20.4. The zero-order chi connectivity index (χ0) is 46.9. The van der Waals surface area contributed by atoms with Gasteiger partial charge in [0.1, 0.15) is 19.6 Å². The molecule has 0 bridgehead atoms. The summed E-state index contributed by atoms with van der Waals surface area (Å²) in [4.78, 5) is 0. The Morgan fingerprint density at radius 2 is 0.424 bits per heavy atom. The van der Waals surface area contributed by atoms with Gasteiger partial charge >= 0.3 is 0 Å². The molecule has 0 fully saturated rings. The van der Waals surface area contributed by atoms with Gasteiger partial charge in [-0.3, -0.25) is 0 Å². The van der Waals surface area contributed by atoms with Crippen LogP contribution in [0.2, 0.25) is 0 Å². The van der Waals surface area contributed by atoms with Crippen LogP contribution in [0.3, 0.4) is 0 Å². The van der Waals surface area contributed by atoms with Gasteiger partial charge in [-0.15, -0.1) is 0 Å². The van der Waals surface area contributed by atoms with Crippen LogP contribution in [0, 0.1) is 0 Å². The van der Waals surface area contributed by atoms with Gasteiger partial charge in [0.25, 0.3) is 0 Å². The number of unbranched alkanes of at least 4 members (excludes halogenated alkanes) is 36. The van der Waals surface area contributed by atoms with Crippen molar-refractivity contribution in [3.8, 4) is 0 Å². The fourth-order valence-corrected chi connectivity index (χ4v) is 8.85. The number of halogens is 1. The van der Waals surface area contributed by atoms with Crippen LogP contribution in [-0.4, -0.2) is 70.8 Å². The lowest BCUT2D eigenvalue weighted by molar-refractivity contribution is -0.910. The maximum absolute atomic E-state index is 6.22. The van der Waals surface area contributed by atoms with Crippen LogP contribution in [0.1, 0.15) is 290 Å². The summed E-state index contributed by atoms with van der Waals surface area (Å²) >= 11 is 0. The predicted molar refractivity (Wildman–Crippen MR) is 292 cm³/mol. The van der Waals surface area contributed by atoms with Gasteiger partial charge in [0.15, 0.2) is 0 Å². The zero-order valence-corrected chi connectivity index (χ0v) is 46.3. The summed E-state index contributed by atoms with van der Waals surface area (Å²) in [6.07, 6.45) is 71.2. The van der Waals surface area contributed by atoms with Crippen molar-refractivity contribution >= 4 is 0 Å². The normalized spacial score (nSPS) is 12.2. The molecule has 0 aliphatic heterocycles. The molecule has 0 aliphatic rings. The Morgan fingerprint density at radius 1 is 0.242 bits per heavy atom. The minimum absolute atomic E-state index is 0. The highest BCUT2D eigenvalue weighted by atomic mass is 35.5. The minimum atomic E-state index is 0. The van der Waals surface area contributed by atoms with Crippen LogP contribution >= 0.6 is 0 Å². The lowest BCUT2D eigenvalue weighted by Crippen LogP contribution is -3.00. The molecule has 0 aliphatic carbocycles. The van der Waals surface area contributed by atoms with E-state index < -0.39 is 0 Å². The second kappa shape index (κ2) is 60.5. The summed E-state index contributed by atoms with van der Waals surface area (Å²) in [5, 5.41) is 0. The molecule has 0 aromatic rings. The molecule has 4 nitrogen and oxygen atoms in total. The lowest BCUT2D eigenvalue weighted by atomic mass is 10.1. The van der Waals surface area contributed by atoms with Crippen LogP contribution in [0.4, 0.5) is 0 Å². The SMILES string of the molecule is CCCCCCCC/C=C\CCCCCCCCOCC[N+](C)(CCOCCCCCCCC/C=C\CCCCCCCC)CCOCCCCCCCC/C=C\CCCCCCCC.[Cl-]. The van der Waals surface area contributed by atoms with Crippen molar-refractivity contribution in [1.82, 2.24) is 0 Å². The third kappa shape index (κ3) is 57.7.